The first-order valence-electron chi connectivity index (χ1n) is 9.82. The number of para-hydroxylation sites is 2. The first-order chi connectivity index (χ1) is 13.9. The predicted octanol–water partition coefficient (Wildman–Crippen LogP) is 3.55. The highest BCUT2D eigenvalue weighted by Crippen LogP contribution is 2.20. The average molecular weight is 374 g/mol. The van der Waals surface area contributed by atoms with E-state index in [9.17, 15) is 0 Å². The van der Waals surface area contributed by atoms with Crippen molar-refractivity contribution >= 4 is 11.0 Å². The van der Waals surface area contributed by atoms with Crippen LogP contribution in [0.4, 0.5) is 0 Å². The lowest BCUT2D eigenvalue weighted by atomic mass is 10.0. The van der Waals surface area contributed by atoms with Gasteiger partial charge in [0.05, 0.1) is 11.0 Å². The summed E-state index contributed by atoms with van der Waals surface area (Å²) in [5.41, 5.74) is 2.82. The monoisotopic (exact) mass is 374 g/mol. The summed E-state index contributed by atoms with van der Waals surface area (Å²) < 4.78 is 7.41. The topological polar surface area (TPSA) is 81.7 Å². The van der Waals surface area contributed by atoms with Crippen molar-refractivity contribution in [2.45, 2.75) is 38.1 Å². The first kappa shape index (κ1) is 17.1. The Bertz CT molecular complexity index is 1060. The number of nitrogens with one attached hydrogen (secondary N) is 1. The third-order valence-corrected chi connectivity index (χ3v) is 5.29. The molecule has 7 nitrogen and oxygen atoms in total. The number of hydrogen-bond donors (Lipinski definition) is 1. The zero-order chi connectivity index (χ0) is 18.8. The molecule has 1 atom stereocenters. The summed E-state index contributed by atoms with van der Waals surface area (Å²) in [6.45, 7) is 1.12. The minimum Gasteiger partial charge on any atom is -0.339 e. The molecular weight excluding hydrogens is 352 g/mol. The molecule has 0 bridgehead atoms. The van der Waals surface area contributed by atoms with Crippen molar-refractivity contribution < 1.29 is 4.52 Å². The van der Waals surface area contributed by atoms with E-state index in [-0.39, 0.29) is 0 Å². The number of pyridine rings is 1. The lowest BCUT2D eigenvalue weighted by Crippen LogP contribution is -2.34. The van der Waals surface area contributed by atoms with Gasteiger partial charge in [-0.05, 0) is 50.1 Å². The molecule has 0 saturated carbocycles. The average Bonchev–Trinajstić information content (AvgIpc) is 3.40. The zero-order valence-electron chi connectivity index (χ0n) is 15.6. The van der Waals surface area contributed by atoms with Crippen LogP contribution in [0.3, 0.4) is 0 Å². The molecular formula is C21H22N6O. The standard InChI is InChI=1S/C21H22N6O/c1-2-7-18-17(6-1)24-14-27(18)19-10-8-15(13-23-19)21-25-20(28-26-21)11-9-16-5-3-4-12-22-16/h1-2,6-8,10,13-14,16,22H,3-5,9,11-12H2. The highest BCUT2D eigenvalue weighted by molar-refractivity contribution is 5.76. The molecule has 1 N–H and O–H groups in total. The number of nitrogens with zero attached hydrogens (tertiary/aromatic N) is 5. The minimum absolute atomic E-state index is 0.565. The second-order valence-electron chi connectivity index (χ2n) is 7.21. The molecule has 1 fully saturated rings. The van der Waals surface area contributed by atoms with Crippen molar-refractivity contribution in [3.63, 3.8) is 0 Å². The van der Waals surface area contributed by atoms with Crippen LogP contribution in [-0.4, -0.2) is 37.3 Å². The Morgan fingerprint density at radius 1 is 1.11 bits per heavy atom. The largest absolute Gasteiger partial charge is 0.339 e. The van der Waals surface area contributed by atoms with Crippen LogP contribution in [0.25, 0.3) is 28.2 Å². The van der Waals surface area contributed by atoms with Gasteiger partial charge in [-0.2, -0.15) is 4.98 Å². The number of aryl methyl sites for hydroxylation is 1. The van der Waals surface area contributed by atoms with Gasteiger partial charge in [-0.1, -0.05) is 23.7 Å². The lowest BCUT2D eigenvalue weighted by molar-refractivity contribution is 0.342. The Hall–Kier alpha value is -3.06. The van der Waals surface area contributed by atoms with Gasteiger partial charge in [0.1, 0.15) is 12.1 Å². The molecule has 1 aliphatic heterocycles. The zero-order valence-corrected chi connectivity index (χ0v) is 15.6. The van der Waals surface area contributed by atoms with Crippen LogP contribution in [-0.2, 0) is 6.42 Å². The Morgan fingerprint density at radius 3 is 2.93 bits per heavy atom. The van der Waals surface area contributed by atoms with E-state index >= 15 is 0 Å². The summed E-state index contributed by atoms with van der Waals surface area (Å²) in [5, 5.41) is 7.68. The summed E-state index contributed by atoms with van der Waals surface area (Å²) in [4.78, 5) is 13.5. The van der Waals surface area contributed by atoms with Gasteiger partial charge in [-0.25, -0.2) is 9.97 Å². The van der Waals surface area contributed by atoms with Gasteiger partial charge in [0.15, 0.2) is 0 Å². The second kappa shape index (κ2) is 7.52. The molecule has 3 aromatic heterocycles. The van der Waals surface area contributed by atoms with Gasteiger partial charge in [0.25, 0.3) is 0 Å². The number of rotatable bonds is 5. The minimum atomic E-state index is 0.565. The smallest absolute Gasteiger partial charge is 0.227 e. The number of aromatic nitrogens is 5. The van der Waals surface area contributed by atoms with Crippen molar-refractivity contribution in [3.8, 4) is 17.2 Å². The molecule has 0 aliphatic carbocycles. The fourth-order valence-electron chi connectivity index (χ4n) is 3.74. The summed E-state index contributed by atoms with van der Waals surface area (Å²) in [7, 11) is 0. The van der Waals surface area contributed by atoms with E-state index in [1.807, 2.05) is 41.0 Å². The van der Waals surface area contributed by atoms with Crippen LogP contribution in [0.5, 0.6) is 0 Å². The van der Waals surface area contributed by atoms with E-state index in [1.165, 1.54) is 19.3 Å². The molecule has 28 heavy (non-hydrogen) atoms. The van der Waals surface area contributed by atoms with Crippen molar-refractivity contribution in [2.75, 3.05) is 6.54 Å². The maximum Gasteiger partial charge on any atom is 0.227 e. The van der Waals surface area contributed by atoms with Crippen LogP contribution < -0.4 is 5.32 Å². The quantitative estimate of drug-likeness (QED) is 0.575. The molecule has 0 amide bonds. The van der Waals surface area contributed by atoms with Gasteiger partial charge in [-0.15, -0.1) is 0 Å². The number of imidazole rings is 1. The van der Waals surface area contributed by atoms with Crippen molar-refractivity contribution in [2.24, 2.45) is 0 Å². The van der Waals surface area contributed by atoms with Crippen LogP contribution in [0.1, 0.15) is 31.6 Å². The normalized spacial score (nSPS) is 17.2. The number of piperidine rings is 1. The Kier molecular flexibility index (Phi) is 4.58. The van der Waals surface area contributed by atoms with Gasteiger partial charge < -0.3 is 9.84 Å². The molecule has 1 saturated heterocycles. The van der Waals surface area contributed by atoms with Crippen LogP contribution in [0.2, 0.25) is 0 Å². The molecule has 1 aromatic carbocycles. The summed E-state index contributed by atoms with van der Waals surface area (Å²) in [6.07, 6.45) is 9.22. The molecule has 5 rings (SSSR count). The van der Waals surface area contributed by atoms with Crippen molar-refractivity contribution in [3.05, 3.63) is 54.8 Å². The number of hydrogen-bond acceptors (Lipinski definition) is 6. The molecule has 142 valence electrons. The highest BCUT2D eigenvalue weighted by Gasteiger charge is 2.15. The molecule has 4 heterocycles. The fourth-order valence-corrected chi connectivity index (χ4v) is 3.74. The Labute approximate surface area is 162 Å². The molecule has 7 heteroatoms. The van der Waals surface area contributed by atoms with Gasteiger partial charge in [0.2, 0.25) is 11.7 Å². The predicted molar refractivity (Wildman–Crippen MR) is 106 cm³/mol. The molecule has 4 aromatic rings. The molecule has 1 unspecified atom stereocenters. The number of fused-ring (bicyclic) bond motifs is 1. The van der Waals surface area contributed by atoms with Crippen molar-refractivity contribution in [1.29, 1.82) is 0 Å². The SMILES string of the molecule is c1ccc2c(c1)ncn2-c1ccc(-c2noc(CCC3CCCCN3)n2)cn1. The van der Waals surface area contributed by atoms with Gasteiger partial charge >= 0.3 is 0 Å². The highest BCUT2D eigenvalue weighted by atomic mass is 16.5. The Balaban J connectivity index is 1.30. The van der Waals surface area contributed by atoms with Crippen LogP contribution >= 0.6 is 0 Å². The molecule has 0 radical (unpaired) electrons. The van der Waals surface area contributed by atoms with Crippen molar-refractivity contribution in [1.82, 2.24) is 30.0 Å². The van der Waals surface area contributed by atoms with Crippen LogP contribution in [0.15, 0.2) is 53.4 Å². The first-order valence-corrected chi connectivity index (χ1v) is 9.82. The summed E-state index contributed by atoms with van der Waals surface area (Å²) in [6, 6.07) is 12.5. The fraction of sp³-hybridized carbons (Fsp3) is 0.333. The maximum atomic E-state index is 5.44. The van der Waals surface area contributed by atoms with E-state index in [0.717, 1.165) is 41.8 Å². The van der Waals surface area contributed by atoms with Crippen LogP contribution in [0, 0.1) is 0 Å². The third-order valence-electron chi connectivity index (χ3n) is 5.29. The number of benzene rings is 1. The third kappa shape index (κ3) is 3.41. The van der Waals surface area contributed by atoms with Gasteiger partial charge in [-0.3, -0.25) is 4.57 Å². The van der Waals surface area contributed by atoms with E-state index in [1.54, 1.807) is 12.5 Å². The van der Waals surface area contributed by atoms with E-state index in [2.05, 4.69) is 25.4 Å². The Morgan fingerprint density at radius 2 is 2.07 bits per heavy atom. The molecule has 0 spiro atoms. The second-order valence-corrected chi connectivity index (χ2v) is 7.21. The summed E-state index contributed by atoms with van der Waals surface area (Å²) >= 11 is 0. The van der Waals surface area contributed by atoms with E-state index < -0.39 is 0 Å². The van der Waals surface area contributed by atoms with Gasteiger partial charge in [0, 0.05) is 24.2 Å². The van der Waals surface area contributed by atoms with E-state index in [4.69, 9.17) is 4.52 Å². The maximum absolute atomic E-state index is 5.44. The summed E-state index contributed by atoms with van der Waals surface area (Å²) in [5.74, 6) is 2.08. The lowest BCUT2D eigenvalue weighted by Gasteiger charge is -2.22. The van der Waals surface area contributed by atoms with E-state index in [0.29, 0.717) is 17.8 Å². The molecule has 1 aliphatic rings.